The smallest absolute Gasteiger partial charge is 0.143 e. The zero-order valence-corrected chi connectivity index (χ0v) is 11.7. The Morgan fingerprint density at radius 1 is 0.857 bits per heavy atom. The van der Waals surface area contributed by atoms with E-state index >= 15 is 0 Å². The summed E-state index contributed by atoms with van der Waals surface area (Å²) in [6, 6.07) is 17.0. The summed E-state index contributed by atoms with van der Waals surface area (Å²) in [6.07, 6.45) is 0. The first-order chi connectivity index (χ1) is 10.3. The lowest BCUT2D eigenvalue weighted by atomic mass is 10.1. The topological polar surface area (TPSA) is 30.3 Å². The highest BCUT2D eigenvalue weighted by molar-refractivity contribution is 5.53. The molecule has 3 rings (SSSR count). The van der Waals surface area contributed by atoms with E-state index in [1.54, 1.807) is 6.07 Å². The van der Waals surface area contributed by atoms with Crippen LogP contribution in [0, 0.1) is 17.1 Å². The van der Waals surface area contributed by atoms with Crippen LogP contribution in [0.3, 0.4) is 0 Å². The summed E-state index contributed by atoms with van der Waals surface area (Å²) in [5.41, 5.74) is 2.17. The van der Waals surface area contributed by atoms with Gasteiger partial charge in [-0.2, -0.15) is 5.26 Å². The number of benzene rings is 2. The van der Waals surface area contributed by atoms with Crippen molar-refractivity contribution in [2.75, 3.05) is 36.0 Å². The SMILES string of the molecule is N#Cc1ccc(N2CCN(c3ccccc3)CC2)cc1F. The Bertz CT molecular complexity index is 655. The number of para-hydroxylation sites is 1. The second-order valence-corrected chi connectivity index (χ2v) is 5.09. The van der Waals surface area contributed by atoms with Gasteiger partial charge in [-0.1, -0.05) is 18.2 Å². The van der Waals surface area contributed by atoms with Crippen molar-refractivity contribution in [1.82, 2.24) is 0 Å². The molecule has 3 nitrogen and oxygen atoms in total. The molecule has 0 bridgehead atoms. The second-order valence-electron chi connectivity index (χ2n) is 5.09. The first kappa shape index (κ1) is 13.4. The number of hydrogen-bond acceptors (Lipinski definition) is 3. The van der Waals surface area contributed by atoms with Crippen molar-refractivity contribution >= 4 is 11.4 Å². The fraction of sp³-hybridized carbons (Fsp3) is 0.235. The van der Waals surface area contributed by atoms with Crippen LogP contribution < -0.4 is 9.80 Å². The van der Waals surface area contributed by atoms with Gasteiger partial charge >= 0.3 is 0 Å². The summed E-state index contributed by atoms with van der Waals surface area (Å²) in [7, 11) is 0. The van der Waals surface area contributed by atoms with E-state index < -0.39 is 5.82 Å². The standard InChI is InChI=1S/C17H16FN3/c18-17-12-16(7-6-14(17)13-19)21-10-8-20(9-11-21)15-4-2-1-3-5-15/h1-7,12H,8-11H2. The molecule has 1 heterocycles. The minimum Gasteiger partial charge on any atom is -0.368 e. The summed E-state index contributed by atoms with van der Waals surface area (Å²) in [4.78, 5) is 4.49. The predicted molar refractivity (Wildman–Crippen MR) is 82.0 cm³/mol. The molecule has 2 aromatic rings. The maximum absolute atomic E-state index is 13.7. The molecule has 0 aromatic heterocycles. The summed E-state index contributed by atoms with van der Waals surface area (Å²) in [5, 5.41) is 8.77. The third kappa shape index (κ3) is 2.82. The molecular formula is C17H16FN3. The third-order valence-corrected chi connectivity index (χ3v) is 3.84. The van der Waals surface area contributed by atoms with Gasteiger partial charge in [0.1, 0.15) is 11.9 Å². The van der Waals surface area contributed by atoms with Gasteiger partial charge in [0.2, 0.25) is 0 Å². The molecule has 0 saturated carbocycles. The van der Waals surface area contributed by atoms with Crippen LogP contribution in [-0.4, -0.2) is 26.2 Å². The van der Waals surface area contributed by atoms with Crippen molar-refractivity contribution in [2.24, 2.45) is 0 Å². The quantitative estimate of drug-likeness (QED) is 0.847. The fourth-order valence-corrected chi connectivity index (χ4v) is 2.65. The largest absolute Gasteiger partial charge is 0.368 e. The van der Waals surface area contributed by atoms with Crippen molar-refractivity contribution < 1.29 is 4.39 Å². The summed E-state index contributed by atoms with van der Waals surface area (Å²) < 4.78 is 13.7. The maximum atomic E-state index is 13.7. The molecule has 1 saturated heterocycles. The van der Waals surface area contributed by atoms with Crippen molar-refractivity contribution in [3.8, 4) is 6.07 Å². The Hall–Kier alpha value is -2.54. The molecule has 0 unspecified atom stereocenters. The van der Waals surface area contributed by atoms with Crippen molar-refractivity contribution in [3.63, 3.8) is 0 Å². The van der Waals surface area contributed by atoms with Gasteiger partial charge in [-0.25, -0.2) is 4.39 Å². The van der Waals surface area contributed by atoms with Crippen molar-refractivity contribution in [1.29, 1.82) is 5.26 Å². The number of nitriles is 1. The molecule has 0 amide bonds. The van der Waals surface area contributed by atoms with E-state index in [1.807, 2.05) is 30.3 Å². The minimum absolute atomic E-state index is 0.0988. The van der Waals surface area contributed by atoms with E-state index in [0.29, 0.717) is 0 Å². The van der Waals surface area contributed by atoms with Crippen LogP contribution in [0.25, 0.3) is 0 Å². The normalized spacial score (nSPS) is 14.9. The van der Waals surface area contributed by atoms with Gasteiger partial charge in [-0.3, -0.25) is 0 Å². The zero-order chi connectivity index (χ0) is 14.7. The van der Waals surface area contributed by atoms with E-state index in [4.69, 9.17) is 5.26 Å². The van der Waals surface area contributed by atoms with Gasteiger partial charge in [0.15, 0.2) is 0 Å². The van der Waals surface area contributed by atoms with Gasteiger partial charge in [0.25, 0.3) is 0 Å². The predicted octanol–water partition coefficient (Wildman–Crippen LogP) is 3.02. The molecule has 0 atom stereocenters. The Morgan fingerprint density at radius 2 is 1.48 bits per heavy atom. The molecule has 1 aliphatic heterocycles. The molecule has 0 radical (unpaired) electrons. The molecule has 4 heteroatoms. The lowest BCUT2D eigenvalue weighted by Crippen LogP contribution is -2.46. The Morgan fingerprint density at radius 3 is 2.05 bits per heavy atom. The molecule has 21 heavy (non-hydrogen) atoms. The lowest BCUT2D eigenvalue weighted by molar-refractivity contribution is 0.617. The van der Waals surface area contributed by atoms with E-state index in [1.165, 1.54) is 11.8 Å². The van der Waals surface area contributed by atoms with Gasteiger partial charge in [0, 0.05) is 37.6 Å². The Labute approximate surface area is 123 Å². The monoisotopic (exact) mass is 281 g/mol. The van der Waals surface area contributed by atoms with E-state index in [-0.39, 0.29) is 5.56 Å². The highest BCUT2D eigenvalue weighted by Crippen LogP contribution is 2.22. The number of nitrogens with zero attached hydrogens (tertiary/aromatic N) is 3. The molecule has 2 aromatic carbocycles. The highest BCUT2D eigenvalue weighted by Gasteiger charge is 2.18. The summed E-state index contributed by atoms with van der Waals surface area (Å²) in [6.45, 7) is 3.51. The van der Waals surface area contributed by atoms with Crippen molar-refractivity contribution in [2.45, 2.75) is 0 Å². The van der Waals surface area contributed by atoms with Crippen LogP contribution in [0.5, 0.6) is 0 Å². The van der Waals surface area contributed by atoms with E-state index in [2.05, 4.69) is 21.9 Å². The average Bonchev–Trinajstić information content (AvgIpc) is 2.56. The molecule has 0 aliphatic carbocycles. The van der Waals surface area contributed by atoms with Crippen LogP contribution >= 0.6 is 0 Å². The average molecular weight is 281 g/mol. The van der Waals surface area contributed by atoms with Crippen LogP contribution in [-0.2, 0) is 0 Å². The number of hydrogen-bond donors (Lipinski definition) is 0. The number of halogens is 1. The van der Waals surface area contributed by atoms with Crippen molar-refractivity contribution in [3.05, 3.63) is 59.9 Å². The first-order valence-corrected chi connectivity index (χ1v) is 7.02. The second kappa shape index (κ2) is 5.84. The van der Waals surface area contributed by atoms with Crippen LogP contribution in [0.2, 0.25) is 0 Å². The fourth-order valence-electron chi connectivity index (χ4n) is 2.65. The summed E-state index contributed by atoms with van der Waals surface area (Å²) in [5.74, 6) is -0.444. The number of piperazine rings is 1. The van der Waals surface area contributed by atoms with Crippen LogP contribution in [0.4, 0.5) is 15.8 Å². The van der Waals surface area contributed by atoms with Crippen LogP contribution in [0.15, 0.2) is 48.5 Å². The third-order valence-electron chi connectivity index (χ3n) is 3.84. The summed E-state index contributed by atoms with van der Waals surface area (Å²) >= 11 is 0. The van der Waals surface area contributed by atoms with Crippen LogP contribution in [0.1, 0.15) is 5.56 Å². The number of rotatable bonds is 2. The Kier molecular flexibility index (Phi) is 3.74. The highest BCUT2D eigenvalue weighted by atomic mass is 19.1. The Balaban J connectivity index is 1.69. The zero-order valence-electron chi connectivity index (χ0n) is 11.7. The molecule has 0 N–H and O–H groups in total. The van der Waals surface area contributed by atoms with Gasteiger partial charge < -0.3 is 9.80 Å². The van der Waals surface area contributed by atoms with Gasteiger partial charge in [-0.05, 0) is 30.3 Å². The molecule has 1 aliphatic rings. The maximum Gasteiger partial charge on any atom is 0.143 e. The molecular weight excluding hydrogens is 265 g/mol. The molecule has 0 spiro atoms. The van der Waals surface area contributed by atoms with E-state index in [9.17, 15) is 4.39 Å². The lowest BCUT2D eigenvalue weighted by Gasteiger charge is -2.37. The first-order valence-electron chi connectivity index (χ1n) is 7.02. The molecule has 1 fully saturated rings. The van der Waals surface area contributed by atoms with E-state index in [0.717, 1.165) is 31.9 Å². The minimum atomic E-state index is -0.444. The molecule has 106 valence electrons. The van der Waals surface area contributed by atoms with Gasteiger partial charge in [-0.15, -0.1) is 0 Å². The van der Waals surface area contributed by atoms with Gasteiger partial charge in [0.05, 0.1) is 5.56 Å². The number of anilines is 2.